The summed E-state index contributed by atoms with van der Waals surface area (Å²) in [6, 6.07) is 29.9. The number of H-pyrrole nitrogens is 1. The van der Waals surface area contributed by atoms with Crippen molar-refractivity contribution in [2.75, 3.05) is 6.54 Å². The van der Waals surface area contributed by atoms with Crippen molar-refractivity contribution in [2.24, 2.45) is 0 Å². The molecule has 0 aliphatic rings. The second-order valence-electron chi connectivity index (χ2n) is 7.69. The molecule has 3 aromatic carbocycles. The molecule has 2 aromatic heterocycles. The highest BCUT2D eigenvalue weighted by molar-refractivity contribution is 5.94. The van der Waals surface area contributed by atoms with Crippen molar-refractivity contribution in [3.63, 3.8) is 0 Å². The van der Waals surface area contributed by atoms with Crippen molar-refractivity contribution < 1.29 is 4.79 Å². The number of nitrogens with zero attached hydrogens (tertiary/aromatic N) is 3. The van der Waals surface area contributed by atoms with Gasteiger partial charge in [0.1, 0.15) is 0 Å². The van der Waals surface area contributed by atoms with Crippen molar-refractivity contribution in [1.29, 1.82) is 0 Å². The molecule has 6 nitrogen and oxygen atoms in total. The molecule has 0 aliphatic carbocycles. The standard InChI is InChI=1S/C27H23N5O/c33-27(29-16-15-23-18-28-19-30-23)22-11-13-24(14-12-22)32-26(21-9-5-2-6-10-21)17-25(31-32)20-7-3-1-4-8-20/h1-14,17-19H,15-16H2,(H,28,30)(H,29,33). The number of benzene rings is 3. The molecule has 5 aromatic rings. The number of amides is 1. The summed E-state index contributed by atoms with van der Waals surface area (Å²) in [4.78, 5) is 19.6. The van der Waals surface area contributed by atoms with E-state index >= 15 is 0 Å². The lowest BCUT2D eigenvalue weighted by atomic mass is 10.1. The fraction of sp³-hybridized carbons (Fsp3) is 0.0741. The Morgan fingerprint density at radius 3 is 2.24 bits per heavy atom. The first-order valence-corrected chi connectivity index (χ1v) is 10.8. The molecule has 0 unspecified atom stereocenters. The Morgan fingerprint density at radius 2 is 1.58 bits per heavy atom. The van der Waals surface area contributed by atoms with Gasteiger partial charge in [0.25, 0.3) is 5.91 Å². The summed E-state index contributed by atoms with van der Waals surface area (Å²) in [7, 11) is 0. The molecule has 2 N–H and O–H groups in total. The maximum Gasteiger partial charge on any atom is 0.251 e. The maximum absolute atomic E-state index is 12.5. The van der Waals surface area contributed by atoms with Crippen LogP contribution in [-0.4, -0.2) is 32.2 Å². The lowest BCUT2D eigenvalue weighted by Crippen LogP contribution is -2.25. The van der Waals surface area contributed by atoms with E-state index in [0.29, 0.717) is 18.5 Å². The first-order valence-electron chi connectivity index (χ1n) is 10.8. The molecule has 0 spiro atoms. The second kappa shape index (κ2) is 9.36. The predicted octanol–water partition coefficient (Wildman–Crippen LogP) is 4.90. The highest BCUT2D eigenvalue weighted by atomic mass is 16.1. The number of hydrogen-bond donors (Lipinski definition) is 2. The number of carbonyl (C=O) groups excluding carboxylic acids is 1. The Kier molecular flexibility index (Phi) is 5.80. The van der Waals surface area contributed by atoms with Crippen molar-refractivity contribution in [2.45, 2.75) is 6.42 Å². The summed E-state index contributed by atoms with van der Waals surface area (Å²) < 4.78 is 1.93. The smallest absolute Gasteiger partial charge is 0.251 e. The van der Waals surface area contributed by atoms with Gasteiger partial charge in [0.05, 0.1) is 23.4 Å². The van der Waals surface area contributed by atoms with Gasteiger partial charge < -0.3 is 10.3 Å². The van der Waals surface area contributed by atoms with E-state index in [1.165, 1.54) is 0 Å². The number of imidazole rings is 1. The van der Waals surface area contributed by atoms with Gasteiger partial charge in [-0.3, -0.25) is 4.79 Å². The van der Waals surface area contributed by atoms with E-state index in [-0.39, 0.29) is 5.91 Å². The monoisotopic (exact) mass is 433 g/mol. The van der Waals surface area contributed by atoms with Crippen LogP contribution in [0.25, 0.3) is 28.2 Å². The molecular weight excluding hydrogens is 410 g/mol. The van der Waals surface area contributed by atoms with Gasteiger partial charge in [0, 0.05) is 41.5 Å². The van der Waals surface area contributed by atoms with E-state index in [1.807, 2.05) is 65.3 Å². The van der Waals surface area contributed by atoms with Crippen molar-refractivity contribution >= 4 is 5.91 Å². The van der Waals surface area contributed by atoms with Gasteiger partial charge in [-0.1, -0.05) is 60.7 Å². The molecule has 2 heterocycles. The van der Waals surface area contributed by atoms with Gasteiger partial charge in [-0.2, -0.15) is 5.10 Å². The Labute approximate surface area is 192 Å². The zero-order valence-electron chi connectivity index (χ0n) is 18.0. The summed E-state index contributed by atoms with van der Waals surface area (Å²) in [6.45, 7) is 0.542. The average molecular weight is 434 g/mol. The lowest BCUT2D eigenvalue weighted by molar-refractivity contribution is 0.0954. The van der Waals surface area contributed by atoms with E-state index in [4.69, 9.17) is 5.10 Å². The van der Waals surface area contributed by atoms with Crippen LogP contribution in [0.2, 0.25) is 0 Å². The fourth-order valence-electron chi connectivity index (χ4n) is 3.73. The van der Waals surface area contributed by atoms with Crippen LogP contribution >= 0.6 is 0 Å². The van der Waals surface area contributed by atoms with Crippen molar-refractivity contribution in [1.82, 2.24) is 25.1 Å². The van der Waals surface area contributed by atoms with Gasteiger partial charge in [0.2, 0.25) is 0 Å². The van der Waals surface area contributed by atoms with Crippen LogP contribution in [0.3, 0.4) is 0 Å². The van der Waals surface area contributed by atoms with Crippen LogP contribution in [0.5, 0.6) is 0 Å². The van der Waals surface area contributed by atoms with Crippen LogP contribution in [-0.2, 0) is 6.42 Å². The summed E-state index contributed by atoms with van der Waals surface area (Å²) in [5, 5.41) is 7.84. The first kappa shape index (κ1) is 20.5. The van der Waals surface area contributed by atoms with Gasteiger partial charge in [0.15, 0.2) is 0 Å². The van der Waals surface area contributed by atoms with E-state index in [2.05, 4.69) is 45.6 Å². The normalized spacial score (nSPS) is 10.8. The highest BCUT2D eigenvalue weighted by Crippen LogP contribution is 2.28. The molecule has 33 heavy (non-hydrogen) atoms. The molecular formula is C27H23N5O. The highest BCUT2D eigenvalue weighted by Gasteiger charge is 2.14. The summed E-state index contributed by atoms with van der Waals surface area (Å²) >= 11 is 0. The van der Waals surface area contributed by atoms with Gasteiger partial charge >= 0.3 is 0 Å². The first-order chi connectivity index (χ1) is 16.3. The van der Waals surface area contributed by atoms with E-state index < -0.39 is 0 Å². The van der Waals surface area contributed by atoms with E-state index in [1.54, 1.807) is 12.5 Å². The molecule has 0 saturated carbocycles. The van der Waals surface area contributed by atoms with Crippen LogP contribution in [0.15, 0.2) is 104 Å². The molecule has 6 heteroatoms. The van der Waals surface area contributed by atoms with Gasteiger partial charge in [-0.05, 0) is 30.3 Å². The third-order valence-electron chi connectivity index (χ3n) is 5.46. The van der Waals surface area contributed by atoms with Crippen LogP contribution in [0.4, 0.5) is 0 Å². The molecule has 1 amide bonds. The Bertz CT molecular complexity index is 1320. The zero-order chi connectivity index (χ0) is 22.5. The lowest BCUT2D eigenvalue weighted by Gasteiger charge is -2.09. The van der Waals surface area contributed by atoms with Crippen molar-refractivity contribution in [3.8, 4) is 28.2 Å². The topological polar surface area (TPSA) is 75.6 Å². The number of nitrogens with one attached hydrogen (secondary N) is 2. The van der Waals surface area contributed by atoms with Crippen LogP contribution in [0, 0.1) is 0 Å². The SMILES string of the molecule is O=C(NCCc1cnc[nH]1)c1ccc(-n2nc(-c3ccccc3)cc2-c2ccccc2)cc1. The molecule has 0 aliphatic heterocycles. The van der Waals surface area contributed by atoms with E-state index in [9.17, 15) is 4.79 Å². The third kappa shape index (κ3) is 4.60. The Morgan fingerprint density at radius 1 is 0.879 bits per heavy atom. The number of carbonyl (C=O) groups is 1. The minimum Gasteiger partial charge on any atom is -0.352 e. The molecule has 0 saturated heterocycles. The van der Waals surface area contributed by atoms with Gasteiger partial charge in [-0.15, -0.1) is 0 Å². The largest absolute Gasteiger partial charge is 0.352 e. The van der Waals surface area contributed by atoms with Crippen LogP contribution < -0.4 is 5.32 Å². The molecule has 0 radical (unpaired) electrons. The average Bonchev–Trinajstić information content (AvgIpc) is 3.56. The summed E-state index contributed by atoms with van der Waals surface area (Å²) in [5.41, 5.74) is 6.52. The minimum atomic E-state index is -0.102. The minimum absolute atomic E-state index is 0.102. The molecule has 5 rings (SSSR count). The maximum atomic E-state index is 12.5. The fourth-order valence-corrected chi connectivity index (χ4v) is 3.73. The number of aromatic nitrogens is 4. The predicted molar refractivity (Wildman–Crippen MR) is 129 cm³/mol. The molecule has 0 bridgehead atoms. The summed E-state index contributed by atoms with van der Waals surface area (Å²) in [6.07, 6.45) is 4.11. The van der Waals surface area contributed by atoms with Crippen molar-refractivity contribution in [3.05, 3.63) is 115 Å². The molecule has 0 atom stereocenters. The second-order valence-corrected chi connectivity index (χ2v) is 7.69. The third-order valence-corrected chi connectivity index (χ3v) is 5.46. The quantitative estimate of drug-likeness (QED) is 0.383. The van der Waals surface area contributed by atoms with Gasteiger partial charge in [-0.25, -0.2) is 9.67 Å². The molecule has 0 fully saturated rings. The van der Waals surface area contributed by atoms with Crippen LogP contribution in [0.1, 0.15) is 16.1 Å². The number of hydrogen-bond acceptors (Lipinski definition) is 3. The Hall–Kier alpha value is -4.45. The zero-order valence-corrected chi connectivity index (χ0v) is 18.0. The molecule has 162 valence electrons. The number of aromatic amines is 1. The Balaban J connectivity index is 1.40. The number of rotatable bonds is 7. The van der Waals surface area contributed by atoms with E-state index in [0.717, 1.165) is 33.9 Å². The summed E-state index contributed by atoms with van der Waals surface area (Å²) in [5.74, 6) is -0.102.